The molecule has 17 heavy (non-hydrogen) atoms. The summed E-state index contributed by atoms with van der Waals surface area (Å²) in [6.45, 7) is 2.61. The van der Waals surface area contributed by atoms with E-state index in [2.05, 4.69) is 28.9 Å². The molecule has 0 fully saturated rings. The summed E-state index contributed by atoms with van der Waals surface area (Å²) < 4.78 is 6.78. The minimum absolute atomic E-state index is 0.550. The maximum Gasteiger partial charge on any atom is 0.121 e. The molecule has 0 heterocycles. The van der Waals surface area contributed by atoms with Gasteiger partial charge in [0.25, 0.3) is 0 Å². The van der Waals surface area contributed by atoms with E-state index in [-0.39, 0.29) is 0 Å². The highest BCUT2D eigenvalue weighted by Crippen LogP contribution is 2.20. The average Bonchev–Trinajstić information content (AvgIpc) is 2.31. The van der Waals surface area contributed by atoms with Crippen molar-refractivity contribution in [3.05, 3.63) is 63.1 Å². The Balaban J connectivity index is 2.05. The van der Waals surface area contributed by atoms with Gasteiger partial charge in [-0.1, -0.05) is 45.7 Å². The standard InChI is InChI=1S/C14H12BrClO/c1-10-7-11(5-6-14(10)15)9-17-13-4-2-3-12(16)8-13/h2-8H,9H2,1H3. The summed E-state index contributed by atoms with van der Waals surface area (Å²) in [5.41, 5.74) is 2.35. The van der Waals surface area contributed by atoms with Gasteiger partial charge in [0.2, 0.25) is 0 Å². The molecule has 2 aromatic rings. The SMILES string of the molecule is Cc1cc(COc2cccc(Cl)c2)ccc1Br. The lowest BCUT2D eigenvalue weighted by atomic mass is 10.1. The monoisotopic (exact) mass is 310 g/mol. The van der Waals surface area contributed by atoms with Gasteiger partial charge in [-0.2, -0.15) is 0 Å². The van der Waals surface area contributed by atoms with E-state index in [1.165, 1.54) is 5.56 Å². The molecule has 1 nitrogen and oxygen atoms in total. The Morgan fingerprint density at radius 2 is 2.00 bits per heavy atom. The average molecular weight is 312 g/mol. The molecule has 0 aromatic heterocycles. The quantitative estimate of drug-likeness (QED) is 0.776. The lowest BCUT2D eigenvalue weighted by Gasteiger charge is -2.08. The topological polar surface area (TPSA) is 9.23 Å². The summed E-state index contributed by atoms with van der Waals surface area (Å²) in [6, 6.07) is 13.6. The molecule has 0 atom stereocenters. The first-order valence-corrected chi connectivity index (χ1v) is 6.45. The van der Waals surface area contributed by atoms with Crippen molar-refractivity contribution in [3.8, 4) is 5.75 Å². The number of ether oxygens (including phenoxy) is 1. The molecule has 88 valence electrons. The van der Waals surface area contributed by atoms with Gasteiger partial charge in [0.05, 0.1) is 0 Å². The molecule has 0 aliphatic carbocycles. The molecule has 0 saturated heterocycles. The van der Waals surface area contributed by atoms with Crippen LogP contribution in [0.3, 0.4) is 0 Å². The van der Waals surface area contributed by atoms with Crippen molar-refractivity contribution in [2.45, 2.75) is 13.5 Å². The normalized spacial score (nSPS) is 10.3. The van der Waals surface area contributed by atoms with Crippen LogP contribution in [-0.2, 0) is 6.61 Å². The summed E-state index contributed by atoms with van der Waals surface area (Å²) >= 11 is 9.36. The Morgan fingerprint density at radius 1 is 1.18 bits per heavy atom. The predicted molar refractivity (Wildman–Crippen MR) is 74.7 cm³/mol. The first-order chi connectivity index (χ1) is 8.15. The molecule has 0 unspecified atom stereocenters. The number of aryl methyl sites for hydroxylation is 1. The van der Waals surface area contributed by atoms with Gasteiger partial charge in [0.15, 0.2) is 0 Å². The van der Waals surface area contributed by atoms with Crippen LogP contribution in [0.1, 0.15) is 11.1 Å². The minimum atomic E-state index is 0.550. The first-order valence-electron chi connectivity index (χ1n) is 5.28. The first kappa shape index (κ1) is 12.5. The van der Waals surface area contributed by atoms with Crippen LogP contribution in [0.5, 0.6) is 5.75 Å². The van der Waals surface area contributed by atoms with Crippen LogP contribution in [0.25, 0.3) is 0 Å². The van der Waals surface area contributed by atoms with Crippen LogP contribution in [0, 0.1) is 6.92 Å². The van der Waals surface area contributed by atoms with Gasteiger partial charge in [0.1, 0.15) is 12.4 Å². The second-order valence-electron chi connectivity index (χ2n) is 3.83. The van der Waals surface area contributed by atoms with Crippen molar-refractivity contribution in [1.29, 1.82) is 0 Å². The van der Waals surface area contributed by atoms with E-state index in [4.69, 9.17) is 16.3 Å². The fourth-order valence-corrected chi connectivity index (χ4v) is 1.95. The number of hydrogen-bond acceptors (Lipinski definition) is 1. The van der Waals surface area contributed by atoms with Crippen molar-refractivity contribution < 1.29 is 4.74 Å². The maximum atomic E-state index is 5.89. The zero-order valence-corrected chi connectivity index (χ0v) is 11.8. The fraction of sp³-hybridized carbons (Fsp3) is 0.143. The van der Waals surface area contributed by atoms with Crippen molar-refractivity contribution in [2.24, 2.45) is 0 Å². The molecule has 0 bridgehead atoms. The lowest BCUT2D eigenvalue weighted by molar-refractivity contribution is 0.306. The number of halogens is 2. The van der Waals surface area contributed by atoms with Gasteiger partial charge >= 0.3 is 0 Å². The zero-order valence-electron chi connectivity index (χ0n) is 9.41. The van der Waals surface area contributed by atoms with Crippen molar-refractivity contribution in [3.63, 3.8) is 0 Å². The molecule has 0 spiro atoms. The molecule has 2 rings (SSSR count). The van der Waals surface area contributed by atoms with Crippen molar-refractivity contribution in [1.82, 2.24) is 0 Å². The van der Waals surface area contributed by atoms with Gasteiger partial charge in [-0.25, -0.2) is 0 Å². The van der Waals surface area contributed by atoms with Gasteiger partial charge < -0.3 is 4.74 Å². The minimum Gasteiger partial charge on any atom is -0.489 e. The number of hydrogen-bond donors (Lipinski definition) is 0. The highest BCUT2D eigenvalue weighted by molar-refractivity contribution is 9.10. The summed E-state index contributed by atoms with van der Waals surface area (Å²) in [5, 5.41) is 0.689. The predicted octanol–water partition coefficient (Wildman–Crippen LogP) is 4.99. The van der Waals surface area contributed by atoms with Gasteiger partial charge in [-0.3, -0.25) is 0 Å². The molecule has 0 amide bonds. The maximum absolute atomic E-state index is 5.89. The summed E-state index contributed by atoms with van der Waals surface area (Å²) in [4.78, 5) is 0. The van der Waals surface area contributed by atoms with Gasteiger partial charge in [-0.15, -0.1) is 0 Å². The summed E-state index contributed by atoms with van der Waals surface area (Å²) in [6.07, 6.45) is 0. The molecule has 2 aromatic carbocycles. The molecular formula is C14H12BrClO. The zero-order chi connectivity index (χ0) is 12.3. The van der Waals surface area contributed by atoms with Gasteiger partial charge in [0, 0.05) is 9.50 Å². The molecule has 0 radical (unpaired) electrons. The van der Waals surface area contributed by atoms with Crippen LogP contribution >= 0.6 is 27.5 Å². The Bertz CT molecular complexity index is 525. The van der Waals surface area contributed by atoms with E-state index in [1.807, 2.05) is 36.4 Å². The van der Waals surface area contributed by atoms with E-state index in [9.17, 15) is 0 Å². The lowest BCUT2D eigenvalue weighted by Crippen LogP contribution is -1.95. The third kappa shape index (κ3) is 3.48. The second kappa shape index (κ2) is 5.56. The van der Waals surface area contributed by atoms with E-state index in [0.29, 0.717) is 11.6 Å². The Morgan fingerprint density at radius 3 is 2.71 bits per heavy atom. The van der Waals surface area contributed by atoms with E-state index in [0.717, 1.165) is 15.8 Å². The molecule has 3 heteroatoms. The third-order valence-corrected chi connectivity index (χ3v) is 3.55. The summed E-state index contributed by atoms with van der Waals surface area (Å²) in [7, 11) is 0. The molecular weight excluding hydrogens is 300 g/mol. The Kier molecular flexibility index (Phi) is 4.08. The van der Waals surface area contributed by atoms with Crippen molar-refractivity contribution >= 4 is 27.5 Å². The van der Waals surface area contributed by atoms with Crippen LogP contribution in [0.4, 0.5) is 0 Å². The van der Waals surface area contributed by atoms with Crippen LogP contribution < -0.4 is 4.74 Å². The number of rotatable bonds is 3. The molecule has 0 aliphatic rings. The Hall–Kier alpha value is -0.990. The largest absolute Gasteiger partial charge is 0.489 e. The van der Waals surface area contributed by atoms with Crippen LogP contribution in [0.2, 0.25) is 5.02 Å². The molecule has 0 saturated carbocycles. The van der Waals surface area contributed by atoms with Gasteiger partial charge in [-0.05, 0) is 42.3 Å². The van der Waals surface area contributed by atoms with E-state index < -0.39 is 0 Å². The molecule has 0 aliphatic heterocycles. The second-order valence-corrected chi connectivity index (χ2v) is 5.12. The van der Waals surface area contributed by atoms with E-state index >= 15 is 0 Å². The molecule has 0 N–H and O–H groups in total. The highest BCUT2D eigenvalue weighted by Gasteiger charge is 1.99. The Labute approximate surface area is 115 Å². The smallest absolute Gasteiger partial charge is 0.121 e. The van der Waals surface area contributed by atoms with E-state index in [1.54, 1.807) is 0 Å². The number of benzene rings is 2. The fourth-order valence-electron chi connectivity index (χ4n) is 1.52. The van der Waals surface area contributed by atoms with Crippen LogP contribution in [-0.4, -0.2) is 0 Å². The van der Waals surface area contributed by atoms with Crippen molar-refractivity contribution in [2.75, 3.05) is 0 Å². The third-order valence-electron chi connectivity index (χ3n) is 2.42. The highest BCUT2D eigenvalue weighted by atomic mass is 79.9. The van der Waals surface area contributed by atoms with Crippen LogP contribution in [0.15, 0.2) is 46.9 Å². The summed E-state index contributed by atoms with van der Waals surface area (Å²) in [5.74, 6) is 0.790.